The Kier molecular flexibility index (Phi) is 7.37. The Morgan fingerprint density at radius 2 is 1.46 bits per heavy atom. The van der Waals surface area contributed by atoms with E-state index in [0.29, 0.717) is 24.0 Å². The van der Waals surface area contributed by atoms with Crippen LogP contribution in [0.25, 0.3) is 11.5 Å². The average molecular weight is 487 g/mol. The van der Waals surface area contributed by atoms with Gasteiger partial charge in [-0.25, -0.2) is 4.68 Å². The van der Waals surface area contributed by atoms with Gasteiger partial charge in [0.2, 0.25) is 5.89 Å². The Hall–Kier alpha value is -3.26. The Balaban J connectivity index is 1.26. The summed E-state index contributed by atoms with van der Waals surface area (Å²) in [6.07, 6.45) is 0. The molecule has 1 aliphatic rings. The lowest BCUT2D eigenvalue weighted by molar-refractivity contribution is 0.0838. The predicted octanol–water partition coefficient (Wildman–Crippen LogP) is 5.64. The zero-order valence-corrected chi connectivity index (χ0v) is 20.7. The normalized spacial score (nSPS) is 14.9. The first-order valence-electron chi connectivity index (χ1n) is 12.1. The molecule has 0 N–H and O–H groups in total. The molecule has 4 aromatic rings. The highest BCUT2D eigenvalue weighted by Crippen LogP contribution is 2.29. The van der Waals surface area contributed by atoms with Crippen LogP contribution in [0.3, 0.4) is 0 Å². The number of ether oxygens (including phenoxy) is 1. The number of rotatable bonds is 8. The number of nitrogens with zero attached hydrogens (tertiary/aromatic N) is 4. The summed E-state index contributed by atoms with van der Waals surface area (Å²) in [5.74, 6) is 1.36. The summed E-state index contributed by atoms with van der Waals surface area (Å²) in [4.78, 5) is 5.33. The van der Waals surface area contributed by atoms with E-state index in [0.717, 1.165) is 37.5 Å². The van der Waals surface area contributed by atoms with E-state index in [1.807, 2.05) is 31.2 Å². The molecule has 7 heteroatoms. The fraction of sp³-hybridized carbons (Fsp3) is 0.286. The van der Waals surface area contributed by atoms with E-state index in [9.17, 15) is 0 Å². The first kappa shape index (κ1) is 23.5. The zero-order valence-electron chi connectivity index (χ0n) is 19.9. The van der Waals surface area contributed by atoms with Gasteiger partial charge in [-0.15, -0.1) is 5.10 Å². The van der Waals surface area contributed by atoms with Gasteiger partial charge in [0.1, 0.15) is 5.75 Å². The summed E-state index contributed by atoms with van der Waals surface area (Å²) in [5.41, 5.74) is 3.54. The van der Waals surface area contributed by atoms with E-state index in [-0.39, 0.29) is 6.04 Å². The Morgan fingerprint density at radius 1 is 0.857 bits per heavy atom. The van der Waals surface area contributed by atoms with E-state index in [2.05, 4.69) is 75.6 Å². The zero-order chi connectivity index (χ0) is 24.0. The summed E-state index contributed by atoms with van der Waals surface area (Å²) in [6, 6.07) is 29.5. The molecule has 0 unspecified atom stereocenters. The highest BCUT2D eigenvalue weighted by atomic mass is 32.1. The second-order valence-electron chi connectivity index (χ2n) is 8.65. The first-order valence-corrected chi connectivity index (χ1v) is 12.5. The molecule has 6 nitrogen and oxygen atoms in total. The fourth-order valence-electron chi connectivity index (χ4n) is 4.61. The fourth-order valence-corrected chi connectivity index (χ4v) is 4.79. The molecule has 1 fully saturated rings. The third-order valence-corrected chi connectivity index (χ3v) is 6.65. The Bertz CT molecular complexity index is 1220. The molecule has 0 radical (unpaired) electrons. The number of hydrogen-bond donors (Lipinski definition) is 0. The molecule has 0 spiro atoms. The van der Waals surface area contributed by atoms with Crippen LogP contribution in [0.5, 0.6) is 5.75 Å². The molecular formula is C28H30N4O2S. The van der Waals surface area contributed by atoms with Gasteiger partial charge in [0.25, 0.3) is 4.84 Å². The minimum absolute atomic E-state index is 0.250. The van der Waals surface area contributed by atoms with Gasteiger partial charge in [0.15, 0.2) is 0 Å². The molecule has 35 heavy (non-hydrogen) atoms. The Morgan fingerprint density at radius 3 is 2.03 bits per heavy atom. The van der Waals surface area contributed by atoms with Crippen molar-refractivity contribution in [3.63, 3.8) is 0 Å². The van der Waals surface area contributed by atoms with Crippen LogP contribution in [0, 0.1) is 4.84 Å². The smallest absolute Gasteiger partial charge is 0.288 e. The molecule has 1 aromatic heterocycles. The summed E-state index contributed by atoms with van der Waals surface area (Å²) in [5, 5.41) is 4.65. The Labute approximate surface area is 211 Å². The van der Waals surface area contributed by atoms with E-state index in [4.69, 9.17) is 21.4 Å². The van der Waals surface area contributed by atoms with Crippen molar-refractivity contribution in [1.82, 2.24) is 19.6 Å². The largest absolute Gasteiger partial charge is 0.494 e. The second-order valence-corrected chi connectivity index (χ2v) is 9.00. The lowest BCUT2D eigenvalue weighted by atomic mass is 9.96. The third kappa shape index (κ3) is 5.53. The average Bonchev–Trinajstić information content (AvgIpc) is 3.27. The van der Waals surface area contributed by atoms with Crippen LogP contribution in [0.4, 0.5) is 0 Å². The van der Waals surface area contributed by atoms with Crippen molar-refractivity contribution in [2.24, 2.45) is 0 Å². The van der Waals surface area contributed by atoms with Crippen molar-refractivity contribution in [1.29, 1.82) is 0 Å². The molecular weight excluding hydrogens is 456 g/mol. The number of benzene rings is 3. The van der Waals surface area contributed by atoms with Gasteiger partial charge >= 0.3 is 0 Å². The maximum atomic E-state index is 5.81. The van der Waals surface area contributed by atoms with Gasteiger partial charge in [-0.1, -0.05) is 60.7 Å². The molecule has 3 aromatic carbocycles. The van der Waals surface area contributed by atoms with Crippen LogP contribution < -0.4 is 4.74 Å². The van der Waals surface area contributed by atoms with Crippen molar-refractivity contribution in [2.75, 3.05) is 32.8 Å². The van der Waals surface area contributed by atoms with Crippen LogP contribution in [-0.4, -0.2) is 52.4 Å². The van der Waals surface area contributed by atoms with Gasteiger partial charge in [-0.05, 0) is 54.5 Å². The van der Waals surface area contributed by atoms with Crippen molar-refractivity contribution in [3.8, 4) is 17.2 Å². The highest BCUT2D eigenvalue weighted by Gasteiger charge is 2.26. The highest BCUT2D eigenvalue weighted by molar-refractivity contribution is 7.71. The van der Waals surface area contributed by atoms with E-state index in [1.54, 1.807) is 4.68 Å². The van der Waals surface area contributed by atoms with Gasteiger partial charge in [-0.3, -0.25) is 9.80 Å². The molecule has 2 heterocycles. The summed E-state index contributed by atoms with van der Waals surface area (Å²) >= 11 is 5.47. The quantitative estimate of drug-likeness (QED) is 0.301. The van der Waals surface area contributed by atoms with E-state index in [1.165, 1.54) is 11.1 Å². The van der Waals surface area contributed by atoms with Crippen LogP contribution in [0.2, 0.25) is 0 Å². The minimum atomic E-state index is 0.250. The number of aromatic nitrogens is 2. The molecule has 1 aliphatic heterocycles. The summed E-state index contributed by atoms with van der Waals surface area (Å²) in [7, 11) is 0. The standard InChI is InChI=1S/C28H30N4O2S/c1-2-33-25-15-13-24(14-16-25)27-29-32(28(35)34-27)21-30-17-19-31(20-18-30)26(22-9-5-3-6-10-22)23-11-7-4-8-12-23/h3-16,26H,2,17-21H2,1H3. The monoisotopic (exact) mass is 486 g/mol. The first-order chi connectivity index (χ1) is 17.2. The lowest BCUT2D eigenvalue weighted by Crippen LogP contribution is -2.48. The third-order valence-electron chi connectivity index (χ3n) is 6.36. The van der Waals surface area contributed by atoms with Gasteiger partial charge in [-0.2, -0.15) is 0 Å². The maximum Gasteiger partial charge on any atom is 0.288 e. The van der Waals surface area contributed by atoms with Gasteiger partial charge in [0, 0.05) is 31.7 Å². The van der Waals surface area contributed by atoms with Crippen molar-refractivity contribution < 1.29 is 9.15 Å². The molecule has 1 saturated heterocycles. The number of piperazine rings is 1. The summed E-state index contributed by atoms with van der Waals surface area (Å²) in [6.45, 7) is 7.02. The van der Waals surface area contributed by atoms with Crippen LogP contribution in [-0.2, 0) is 6.67 Å². The number of hydrogen-bond acceptors (Lipinski definition) is 6. The lowest BCUT2D eigenvalue weighted by Gasteiger charge is -2.39. The molecule has 180 valence electrons. The van der Waals surface area contributed by atoms with E-state index >= 15 is 0 Å². The van der Waals surface area contributed by atoms with Crippen molar-refractivity contribution in [3.05, 3.63) is 101 Å². The molecule has 0 saturated carbocycles. The molecule has 0 bridgehead atoms. The maximum absolute atomic E-state index is 5.81. The molecule has 0 amide bonds. The summed E-state index contributed by atoms with van der Waals surface area (Å²) < 4.78 is 13.1. The molecule has 0 aliphatic carbocycles. The van der Waals surface area contributed by atoms with Gasteiger partial charge in [0.05, 0.1) is 19.3 Å². The topological polar surface area (TPSA) is 46.7 Å². The SMILES string of the molecule is CCOc1ccc(-c2nn(CN3CCN(C(c4ccccc4)c4ccccc4)CC3)c(=S)o2)cc1. The van der Waals surface area contributed by atoms with E-state index < -0.39 is 0 Å². The van der Waals surface area contributed by atoms with Crippen LogP contribution in [0.15, 0.2) is 89.3 Å². The molecule has 5 rings (SSSR count). The van der Waals surface area contributed by atoms with Crippen molar-refractivity contribution >= 4 is 12.2 Å². The molecule has 0 atom stereocenters. The predicted molar refractivity (Wildman–Crippen MR) is 140 cm³/mol. The minimum Gasteiger partial charge on any atom is -0.494 e. The van der Waals surface area contributed by atoms with Crippen LogP contribution >= 0.6 is 12.2 Å². The van der Waals surface area contributed by atoms with Crippen LogP contribution in [0.1, 0.15) is 24.1 Å². The van der Waals surface area contributed by atoms with Gasteiger partial charge < -0.3 is 9.15 Å². The van der Waals surface area contributed by atoms with Crippen molar-refractivity contribution in [2.45, 2.75) is 19.6 Å². The second kappa shape index (κ2) is 11.0.